The molecule has 2 fully saturated rings. The van der Waals surface area contributed by atoms with Crippen LogP contribution < -0.4 is 0 Å². The van der Waals surface area contributed by atoms with E-state index in [4.69, 9.17) is 24.1 Å². The second-order valence-electron chi connectivity index (χ2n) is 6.57. The molecular weight excluding hydrogens is 316 g/mol. The number of ether oxygens (including phenoxy) is 4. The highest BCUT2D eigenvalue weighted by atomic mass is 16.8. The Kier molecular flexibility index (Phi) is 5.22. The molecule has 2 aliphatic heterocycles. The lowest BCUT2D eigenvalue weighted by Crippen LogP contribution is -2.46. The first-order chi connectivity index (χ1) is 11.4. The van der Waals surface area contributed by atoms with Crippen LogP contribution in [0, 0.1) is 0 Å². The lowest BCUT2D eigenvalue weighted by atomic mass is 10.0. The Hall–Kier alpha value is -1.06. The summed E-state index contributed by atoms with van der Waals surface area (Å²) in [5.41, 5.74) is 0.982. The molecule has 1 aromatic carbocycles. The van der Waals surface area contributed by atoms with E-state index < -0.39 is 49.2 Å². The number of benzene rings is 1. The predicted molar refractivity (Wildman–Crippen MR) is 82.8 cm³/mol. The summed E-state index contributed by atoms with van der Waals surface area (Å²) in [6.07, 6.45) is -5.31. The fourth-order valence-corrected chi connectivity index (χ4v) is 3.08. The van der Waals surface area contributed by atoms with Gasteiger partial charge in [-0.05, 0) is 19.4 Å². The minimum absolute atomic E-state index is 0.323. The molecule has 6 unspecified atom stereocenters. The van der Waals surface area contributed by atoms with Gasteiger partial charge in [-0.3, -0.25) is 0 Å². The van der Waals surface area contributed by atoms with Crippen LogP contribution in [0.15, 0.2) is 30.3 Å². The molecule has 3 N–H and O–H groups in total. The average Bonchev–Trinajstić information content (AvgIpc) is 3.05. The quantitative estimate of drug-likeness (QED) is 0.679. The largest absolute Gasteiger partial charge is 0.394 e. The molecule has 2 heterocycles. The van der Waals surface area contributed by atoms with E-state index in [-0.39, 0.29) is 0 Å². The number of hydrogen-bond donors (Lipinski definition) is 3. The Bertz CT molecular complexity index is 535. The summed E-state index contributed by atoms with van der Waals surface area (Å²) in [5, 5.41) is 29.0. The molecular formula is C17H24O7. The van der Waals surface area contributed by atoms with E-state index in [9.17, 15) is 10.2 Å². The maximum atomic E-state index is 10.2. The van der Waals surface area contributed by atoms with Crippen molar-refractivity contribution in [2.75, 3.05) is 6.61 Å². The van der Waals surface area contributed by atoms with Gasteiger partial charge in [-0.25, -0.2) is 0 Å². The summed E-state index contributed by atoms with van der Waals surface area (Å²) >= 11 is 0. The Labute approximate surface area is 140 Å². The van der Waals surface area contributed by atoms with Crippen LogP contribution in [0.2, 0.25) is 0 Å². The molecule has 3 rings (SSSR count). The maximum Gasteiger partial charge on any atom is 0.187 e. The van der Waals surface area contributed by atoms with Gasteiger partial charge in [0.1, 0.15) is 30.5 Å². The molecule has 6 atom stereocenters. The molecule has 0 aromatic heterocycles. The number of rotatable bonds is 6. The number of aliphatic hydroxyl groups excluding tert-OH is 3. The molecule has 0 bridgehead atoms. The van der Waals surface area contributed by atoms with Crippen molar-refractivity contribution in [1.29, 1.82) is 0 Å². The van der Waals surface area contributed by atoms with Gasteiger partial charge in [-0.15, -0.1) is 0 Å². The van der Waals surface area contributed by atoms with Gasteiger partial charge in [0.05, 0.1) is 13.2 Å². The van der Waals surface area contributed by atoms with Crippen molar-refractivity contribution in [1.82, 2.24) is 0 Å². The van der Waals surface area contributed by atoms with Crippen LogP contribution in [0.4, 0.5) is 0 Å². The predicted octanol–water partition coefficient (Wildman–Crippen LogP) is 0.162. The van der Waals surface area contributed by atoms with Crippen molar-refractivity contribution >= 4 is 0 Å². The third-order valence-corrected chi connectivity index (χ3v) is 4.22. The monoisotopic (exact) mass is 340 g/mol. The van der Waals surface area contributed by atoms with Crippen LogP contribution in [0.3, 0.4) is 0 Å². The maximum absolute atomic E-state index is 10.2. The average molecular weight is 340 g/mol. The zero-order chi connectivity index (χ0) is 17.3. The summed E-state index contributed by atoms with van der Waals surface area (Å²) in [7, 11) is 0. The molecule has 24 heavy (non-hydrogen) atoms. The standard InChI is InChI=1S/C17H24O7/c1-17(2)23-14-13(12(20)11(19)8-18)22-16(15(14)24-17)21-9-10-6-4-3-5-7-10/h3-7,11-16,18-20H,8-9H2,1-2H3. The first-order valence-corrected chi connectivity index (χ1v) is 8.05. The normalized spacial score (nSPS) is 34.0. The van der Waals surface area contributed by atoms with Crippen LogP contribution in [0.25, 0.3) is 0 Å². The van der Waals surface area contributed by atoms with Crippen LogP contribution in [0.5, 0.6) is 0 Å². The van der Waals surface area contributed by atoms with Gasteiger partial charge < -0.3 is 34.3 Å². The van der Waals surface area contributed by atoms with Gasteiger partial charge >= 0.3 is 0 Å². The minimum Gasteiger partial charge on any atom is -0.394 e. The smallest absolute Gasteiger partial charge is 0.187 e. The SMILES string of the molecule is CC1(C)OC2C(OCc3ccccc3)OC(C(O)C(O)CO)C2O1. The highest BCUT2D eigenvalue weighted by molar-refractivity contribution is 5.13. The lowest BCUT2D eigenvalue weighted by Gasteiger charge is -2.28. The first-order valence-electron chi connectivity index (χ1n) is 8.05. The summed E-state index contributed by atoms with van der Waals surface area (Å²) in [6, 6.07) is 9.62. The van der Waals surface area contributed by atoms with Crippen molar-refractivity contribution in [3.8, 4) is 0 Å². The third-order valence-electron chi connectivity index (χ3n) is 4.22. The van der Waals surface area contributed by atoms with Gasteiger partial charge in [0.15, 0.2) is 12.1 Å². The van der Waals surface area contributed by atoms with E-state index in [1.54, 1.807) is 13.8 Å². The molecule has 2 aliphatic rings. The topological polar surface area (TPSA) is 97.6 Å². The highest BCUT2D eigenvalue weighted by Gasteiger charge is 2.58. The van der Waals surface area contributed by atoms with E-state index in [0.717, 1.165) is 5.56 Å². The van der Waals surface area contributed by atoms with E-state index in [2.05, 4.69) is 0 Å². The van der Waals surface area contributed by atoms with E-state index in [1.165, 1.54) is 0 Å². The third kappa shape index (κ3) is 3.62. The molecule has 0 aliphatic carbocycles. The summed E-state index contributed by atoms with van der Waals surface area (Å²) in [6.45, 7) is 3.29. The molecule has 1 aromatic rings. The molecule has 0 amide bonds. The first kappa shape index (κ1) is 17.8. The van der Waals surface area contributed by atoms with Crippen LogP contribution in [-0.2, 0) is 25.6 Å². The Morgan fingerprint density at radius 3 is 2.46 bits per heavy atom. The molecule has 0 radical (unpaired) electrons. The summed E-state index contributed by atoms with van der Waals surface area (Å²) in [4.78, 5) is 0. The highest BCUT2D eigenvalue weighted by Crippen LogP contribution is 2.40. The fourth-order valence-electron chi connectivity index (χ4n) is 3.08. The number of fused-ring (bicyclic) bond motifs is 1. The molecule has 0 saturated carbocycles. The van der Waals surface area contributed by atoms with Crippen molar-refractivity contribution in [3.05, 3.63) is 35.9 Å². The molecule has 7 heteroatoms. The molecule has 0 spiro atoms. The number of aliphatic hydroxyl groups is 3. The van der Waals surface area contributed by atoms with E-state index in [1.807, 2.05) is 30.3 Å². The van der Waals surface area contributed by atoms with Crippen molar-refractivity contribution in [2.24, 2.45) is 0 Å². The van der Waals surface area contributed by atoms with Gasteiger partial charge in [0, 0.05) is 0 Å². The Morgan fingerprint density at radius 1 is 1.12 bits per heavy atom. The van der Waals surface area contributed by atoms with Crippen LogP contribution in [0.1, 0.15) is 19.4 Å². The van der Waals surface area contributed by atoms with Gasteiger partial charge in [-0.2, -0.15) is 0 Å². The fraction of sp³-hybridized carbons (Fsp3) is 0.647. The minimum atomic E-state index is -1.32. The molecule has 2 saturated heterocycles. The van der Waals surface area contributed by atoms with E-state index in [0.29, 0.717) is 6.61 Å². The second-order valence-corrected chi connectivity index (χ2v) is 6.57. The van der Waals surface area contributed by atoms with Gasteiger partial charge in [0.25, 0.3) is 0 Å². The summed E-state index contributed by atoms with van der Waals surface area (Å²) < 4.78 is 23.2. The Morgan fingerprint density at radius 2 is 1.79 bits per heavy atom. The van der Waals surface area contributed by atoms with Crippen molar-refractivity contribution in [3.63, 3.8) is 0 Å². The molecule has 134 valence electrons. The van der Waals surface area contributed by atoms with Crippen molar-refractivity contribution in [2.45, 2.75) is 63.1 Å². The van der Waals surface area contributed by atoms with Crippen LogP contribution in [-0.4, -0.2) is 64.5 Å². The van der Waals surface area contributed by atoms with Gasteiger partial charge in [0.2, 0.25) is 0 Å². The summed E-state index contributed by atoms with van der Waals surface area (Å²) in [5.74, 6) is -0.838. The number of hydrogen-bond acceptors (Lipinski definition) is 7. The zero-order valence-electron chi connectivity index (χ0n) is 13.7. The van der Waals surface area contributed by atoms with E-state index >= 15 is 0 Å². The van der Waals surface area contributed by atoms with Gasteiger partial charge in [-0.1, -0.05) is 30.3 Å². The van der Waals surface area contributed by atoms with Crippen molar-refractivity contribution < 1.29 is 34.3 Å². The molecule has 7 nitrogen and oxygen atoms in total. The lowest BCUT2D eigenvalue weighted by molar-refractivity contribution is -0.251. The zero-order valence-corrected chi connectivity index (χ0v) is 13.7. The van der Waals surface area contributed by atoms with Crippen LogP contribution >= 0.6 is 0 Å². The Balaban J connectivity index is 1.70. The second kappa shape index (κ2) is 7.05.